The fourth-order valence-electron chi connectivity index (χ4n) is 3.07. The van der Waals surface area contributed by atoms with Gasteiger partial charge in [-0.1, -0.05) is 22.9 Å². The third-order valence-corrected chi connectivity index (χ3v) is 9.00. The van der Waals surface area contributed by atoms with Crippen LogP contribution in [0.3, 0.4) is 0 Å². The Morgan fingerprint density at radius 2 is 1.90 bits per heavy atom. The lowest BCUT2D eigenvalue weighted by molar-refractivity contribution is 0.0941. The highest BCUT2D eigenvalue weighted by atomic mass is 35.5. The molecule has 4 rings (SSSR count). The van der Waals surface area contributed by atoms with E-state index >= 15 is 0 Å². The van der Waals surface area contributed by atoms with Gasteiger partial charge in [0.1, 0.15) is 0 Å². The fourth-order valence-corrected chi connectivity index (χ4v) is 7.01. The summed E-state index contributed by atoms with van der Waals surface area (Å²) in [6.45, 7) is 0. The highest BCUT2D eigenvalue weighted by Crippen LogP contribution is 2.29. The van der Waals surface area contributed by atoms with Crippen LogP contribution in [0.5, 0.6) is 0 Å². The van der Waals surface area contributed by atoms with Crippen LogP contribution in [0.25, 0.3) is 10.2 Å². The minimum atomic E-state index is -3.83. The minimum Gasteiger partial charge on any atom is -0.348 e. The number of aromatic nitrogens is 1. The van der Waals surface area contributed by atoms with Crippen molar-refractivity contribution in [1.29, 1.82) is 0 Å². The maximum Gasteiger partial charge on any atom is 0.263 e. The fraction of sp³-hybridized carbons (Fsp3) is 0.222. The number of hydrogen-bond donors (Lipinski definition) is 2. The SMILES string of the molecule is O=C(NC1CCS(=O)(=O)C1)c1ccc2nc(NS(=O)(=O)c3ccc(Cl)cc3)sc2c1. The first-order valence-corrected chi connectivity index (χ1v) is 13.3. The maximum absolute atomic E-state index is 12.5. The second-order valence-corrected chi connectivity index (χ2v) is 12.2. The van der Waals surface area contributed by atoms with E-state index in [9.17, 15) is 21.6 Å². The molecule has 1 aliphatic rings. The van der Waals surface area contributed by atoms with E-state index < -0.39 is 25.9 Å². The second-order valence-electron chi connectivity index (χ2n) is 6.83. The maximum atomic E-state index is 12.5. The number of benzene rings is 2. The van der Waals surface area contributed by atoms with Crippen LogP contribution in [0.15, 0.2) is 47.4 Å². The van der Waals surface area contributed by atoms with Crippen molar-refractivity contribution < 1.29 is 21.6 Å². The van der Waals surface area contributed by atoms with Gasteiger partial charge in [-0.2, -0.15) is 0 Å². The quantitative estimate of drug-likeness (QED) is 0.572. The number of halogens is 1. The number of nitrogens with zero attached hydrogens (tertiary/aromatic N) is 1. The van der Waals surface area contributed by atoms with Gasteiger partial charge >= 0.3 is 0 Å². The van der Waals surface area contributed by atoms with Crippen molar-refractivity contribution in [3.05, 3.63) is 53.1 Å². The van der Waals surface area contributed by atoms with Gasteiger partial charge in [0.25, 0.3) is 15.9 Å². The lowest BCUT2D eigenvalue weighted by Crippen LogP contribution is -2.35. The predicted octanol–water partition coefficient (Wildman–Crippen LogP) is 2.67. The normalized spacial score (nSPS) is 18.4. The molecule has 1 fully saturated rings. The predicted molar refractivity (Wildman–Crippen MR) is 116 cm³/mol. The summed E-state index contributed by atoms with van der Waals surface area (Å²) in [5, 5.41) is 3.32. The number of carbonyl (C=O) groups is 1. The number of rotatable bonds is 5. The summed E-state index contributed by atoms with van der Waals surface area (Å²) < 4.78 is 51.2. The van der Waals surface area contributed by atoms with Crippen molar-refractivity contribution in [2.75, 3.05) is 16.2 Å². The van der Waals surface area contributed by atoms with Gasteiger partial charge in [0, 0.05) is 16.6 Å². The standard InChI is InChI=1S/C18H16ClN3O5S3/c19-12-2-4-14(5-3-12)30(26,27)22-18-21-15-6-1-11(9-16(15)28-18)17(23)20-13-7-8-29(24,25)10-13/h1-6,9,13H,7-8,10H2,(H,20,23)(H,21,22). The molecule has 0 saturated carbocycles. The molecule has 8 nitrogen and oxygen atoms in total. The summed E-state index contributed by atoms with van der Waals surface area (Å²) in [5.74, 6) is -0.364. The van der Waals surface area contributed by atoms with Gasteiger partial charge in [0.05, 0.1) is 26.6 Å². The molecule has 1 atom stereocenters. The average molecular weight is 486 g/mol. The molecule has 2 aromatic carbocycles. The van der Waals surface area contributed by atoms with Crippen molar-refractivity contribution in [1.82, 2.24) is 10.3 Å². The first-order valence-electron chi connectivity index (χ1n) is 8.82. The van der Waals surface area contributed by atoms with Crippen molar-refractivity contribution in [3.63, 3.8) is 0 Å². The van der Waals surface area contributed by atoms with E-state index in [-0.39, 0.29) is 27.4 Å². The second kappa shape index (κ2) is 7.80. The first kappa shape index (κ1) is 21.0. The molecule has 158 valence electrons. The molecular formula is C18H16ClN3O5S3. The van der Waals surface area contributed by atoms with Gasteiger partial charge in [-0.05, 0) is 48.9 Å². The third-order valence-electron chi connectivity index (χ3n) is 4.56. The number of amides is 1. The lowest BCUT2D eigenvalue weighted by Gasteiger charge is -2.10. The number of sulfonamides is 1. The van der Waals surface area contributed by atoms with Crippen LogP contribution < -0.4 is 10.0 Å². The molecule has 2 heterocycles. The van der Waals surface area contributed by atoms with Crippen LogP contribution >= 0.6 is 22.9 Å². The van der Waals surface area contributed by atoms with Gasteiger partial charge in [0.15, 0.2) is 15.0 Å². The average Bonchev–Trinajstić information content (AvgIpc) is 3.22. The van der Waals surface area contributed by atoms with E-state index in [0.29, 0.717) is 27.2 Å². The molecule has 12 heteroatoms. The number of fused-ring (bicyclic) bond motifs is 1. The molecule has 1 saturated heterocycles. The molecule has 0 spiro atoms. The van der Waals surface area contributed by atoms with Crippen molar-refractivity contribution in [2.45, 2.75) is 17.4 Å². The summed E-state index contributed by atoms with van der Waals surface area (Å²) in [7, 11) is -6.92. The molecule has 1 aliphatic heterocycles. The molecule has 1 amide bonds. The van der Waals surface area contributed by atoms with Crippen LogP contribution in [0, 0.1) is 0 Å². The highest BCUT2D eigenvalue weighted by Gasteiger charge is 2.29. The van der Waals surface area contributed by atoms with Gasteiger partial charge < -0.3 is 5.32 Å². The van der Waals surface area contributed by atoms with Gasteiger partial charge in [0.2, 0.25) is 0 Å². The van der Waals surface area contributed by atoms with Crippen molar-refractivity contribution >= 4 is 64.1 Å². The first-order chi connectivity index (χ1) is 14.1. The molecule has 1 aromatic heterocycles. The minimum absolute atomic E-state index is 0.0535. The summed E-state index contributed by atoms with van der Waals surface area (Å²) in [5.41, 5.74) is 0.886. The van der Waals surface area contributed by atoms with Crippen LogP contribution in [0.1, 0.15) is 16.8 Å². The molecular weight excluding hydrogens is 470 g/mol. The largest absolute Gasteiger partial charge is 0.348 e. The Morgan fingerprint density at radius 3 is 2.57 bits per heavy atom. The van der Waals surface area contributed by atoms with Crippen LogP contribution in [-0.2, 0) is 19.9 Å². The zero-order chi connectivity index (χ0) is 21.5. The van der Waals surface area contributed by atoms with Crippen LogP contribution in [0.4, 0.5) is 5.13 Å². The van der Waals surface area contributed by atoms with E-state index in [4.69, 9.17) is 11.6 Å². The smallest absolute Gasteiger partial charge is 0.263 e. The molecule has 2 N–H and O–H groups in total. The Kier molecular flexibility index (Phi) is 5.47. The Labute approximate surface area is 182 Å². The Bertz CT molecular complexity index is 1340. The molecule has 0 aliphatic carbocycles. The van der Waals surface area contributed by atoms with Crippen molar-refractivity contribution in [2.24, 2.45) is 0 Å². The monoisotopic (exact) mass is 485 g/mol. The van der Waals surface area contributed by atoms with Gasteiger partial charge in [-0.15, -0.1) is 0 Å². The Hall–Kier alpha value is -2.21. The van der Waals surface area contributed by atoms with E-state index in [0.717, 1.165) is 11.3 Å². The van der Waals surface area contributed by atoms with E-state index in [1.807, 2.05) is 0 Å². The number of thiazole rings is 1. The van der Waals surface area contributed by atoms with Gasteiger partial charge in [-0.25, -0.2) is 21.8 Å². The van der Waals surface area contributed by atoms with Crippen molar-refractivity contribution in [3.8, 4) is 0 Å². The van der Waals surface area contributed by atoms with Crippen LogP contribution in [0.2, 0.25) is 5.02 Å². The summed E-state index contributed by atoms with van der Waals surface area (Å²) in [6.07, 6.45) is 0.396. The molecule has 1 unspecified atom stereocenters. The number of hydrogen-bond acceptors (Lipinski definition) is 7. The molecule has 0 radical (unpaired) electrons. The Morgan fingerprint density at radius 1 is 1.17 bits per heavy atom. The van der Waals surface area contributed by atoms with E-state index in [1.54, 1.807) is 18.2 Å². The zero-order valence-corrected chi connectivity index (χ0v) is 18.5. The summed E-state index contributed by atoms with van der Waals surface area (Å²) in [6, 6.07) is 10.1. The number of carbonyl (C=O) groups excluding carboxylic acids is 1. The van der Waals surface area contributed by atoms with Crippen LogP contribution in [-0.4, -0.2) is 45.3 Å². The summed E-state index contributed by atoms with van der Waals surface area (Å²) in [4.78, 5) is 16.8. The van der Waals surface area contributed by atoms with E-state index in [1.165, 1.54) is 24.3 Å². The number of sulfone groups is 1. The zero-order valence-electron chi connectivity index (χ0n) is 15.3. The molecule has 30 heavy (non-hydrogen) atoms. The Balaban J connectivity index is 1.52. The topological polar surface area (TPSA) is 122 Å². The molecule has 0 bridgehead atoms. The number of anilines is 1. The van der Waals surface area contributed by atoms with E-state index in [2.05, 4.69) is 15.0 Å². The third kappa shape index (κ3) is 4.59. The summed E-state index contributed by atoms with van der Waals surface area (Å²) >= 11 is 6.89. The molecule has 3 aromatic rings. The lowest BCUT2D eigenvalue weighted by atomic mass is 10.2. The number of nitrogens with one attached hydrogen (secondary N) is 2. The van der Waals surface area contributed by atoms with Gasteiger partial charge in [-0.3, -0.25) is 9.52 Å². The highest BCUT2D eigenvalue weighted by molar-refractivity contribution is 7.93.